The summed E-state index contributed by atoms with van der Waals surface area (Å²) in [7, 11) is -5.00. The van der Waals surface area contributed by atoms with E-state index in [1.807, 2.05) is 11.8 Å². The maximum atomic E-state index is 15.9. The normalized spacial score (nSPS) is 15.5. The molecule has 9 nitrogen and oxygen atoms in total. The van der Waals surface area contributed by atoms with Crippen LogP contribution in [0.5, 0.6) is 0 Å². The minimum atomic E-state index is -5.00. The molecule has 0 aliphatic carbocycles. The van der Waals surface area contributed by atoms with Crippen LogP contribution in [-0.2, 0) is 21.1 Å². The Hall–Kier alpha value is -4.36. The van der Waals surface area contributed by atoms with E-state index in [1.54, 1.807) is 18.2 Å². The van der Waals surface area contributed by atoms with Crippen LogP contribution in [0.15, 0.2) is 76.6 Å². The average Bonchev–Trinajstić information content (AvgIpc) is 2.95. The Morgan fingerprint density at radius 3 is 2.70 bits per heavy atom. The highest BCUT2D eigenvalue weighted by atomic mass is 35.5. The molecule has 0 spiro atoms. The predicted molar refractivity (Wildman–Crippen MR) is 155 cm³/mol. The highest BCUT2D eigenvalue weighted by Crippen LogP contribution is 2.29. The van der Waals surface area contributed by atoms with Gasteiger partial charge in [0.05, 0.1) is 30.2 Å². The number of aromatic amines is 1. The number of H-pyrrole nitrogens is 1. The van der Waals surface area contributed by atoms with Crippen LogP contribution < -0.4 is 15.8 Å². The summed E-state index contributed by atoms with van der Waals surface area (Å²) in [6, 6.07) is 12.2. The van der Waals surface area contributed by atoms with Gasteiger partial charge < -0.3 is 19.9 Å². The van der Waals surface area contributed by atoms with Crippen LogP contribution in [0, 0.1) is 5.82 Å². The molecule has 1 saturated heterocycles. The summed E-state index contributed by atoms with van der Waals surface area (Å²) in [6.45, 7) is 6.49. The van der Waals surface area contributed by atoms with Crippen molar-refractivity contribution < 1.29 is 31.1 Å². The van der Waals surface area contributed by atoms with Crippen molar-refractivity contribution in [2.75, 3.05) is 18.0 Å². The van der Waals surface area contributed by atoms with Crippen molar-refractivity contribution in [2.24, 2.45) is 0 Å². The molecule has 0 unspecified atom stereocenters. The van der Waals surface area contributed by atoms with E-state index in [0.29, 0.717) is 30.4 Å². The van der Waals surface area contributed by atoms with Gasteiger partial charge >= 0.3 is 5.76 Å². The van der Waals surface area contributed by atoms with Crippen molar-refractivity contribution in [3.63, 3.8) is 0 Å². The van der Waals surface area contributed by atoms with E-state index in [1.165, 1.54) is 18.2 Å². The summed E-state index contributed by atoms with van der Waals surface area (Å²) in [5.74, 6) is -4.06. The number of nitrogens with zero attached hydrogens (tertiary/aromatic N) is 2. The van der Waals surface area contributed by atoms with Crippen LogP contribution in [0.2, 0.25) is 5.02 Å². The summed E-state index contributed by atoms with van der Waals surface area (Å²) >= 11 is 5.86. The molecule has 0 radical (unpaired) electrons. The molecular formula is C29H24ClF3N4O5S. The third-order valence-corrected chi connectivity index (χ3v) is 8.28. The zero-order chi connectivity index (χ0) is 31.1. The Morgan fingerprint density at radius 2 is 1.98 bits per heavy atom. The van der Waals surface area contributed by atoms with E-state index in [0.717, 1.165) is 18.2 Å². The molecule has 224 valence electrons. The number of hydrogen-bond donors (Lipinski definition) is 2. The molecule has 2 aromatic carbocycles. The lowest BCUT2D eigenvalue weighted by Crippen LogP contribution is -2.40. The van der Waals surface area contributed by atoms with E-state index in [9.17, 15) is 26.8 Å². The predicted octanol–water partition coefficient (Wildman–Crippen LogP) is 5.05. The molecule has 1 fully saturated rings. The molecule has 5 rings (SSSR count). The first kappa shape index (κ1) is 30.1. The van der Waals surface area contributed by atoms with Crippen LogP contribution in [0.1, 0.15) is 23.0 Å². The number of alkyl halides is 2. The number of anilines is 1. The molecule has 14 heteroatoms. The summed E-state index contributed by atoms with van der Waals surface area (Å²) in [5, 5.41) is 2.26. The van der Waals surface area contributed by atoms with Crippen molar-refractivity contribution in [1.82, 2.24) is 15.3 Å². The number of ether oxygens (including phenoxy) is 1. The van der Waals surface area contributed by atoms with Crippen molar-refractivity contribution in [2.45, 2.75) is 30.2 Å². The zero-order valence-corrected chi connectivity index (χ0v) is 24.1. The van der Waals surface area contributed by atoms with Gasteiger partial charge in [-0.15, -0.1) is 0 Å². The number of benzene rings is 2. The van der Waals surface area contributed by atoms with Gasteiger partial charge in [0, 0.05) is 32.6 Å². The topological polar surface area (TPSA) is 121 Å². The number of rotatable bonds is 7. The first-order valence-electron chi connectivity index (χ1n) is 12.9. The Balaban J connectivity index is 1.42. The van der Waals surface area contributed by atoms with Gasteiger partial charge in [-0.05, 0) is 55.5 Å². The third kappa shape index (κ3) is 6.22. The van der Waals surface area contributed by atoms with E-state index < -0.39 is 37.8 Å². The number of carbonyl (C=O) groups is 1. The van der Waals surface area contributed by atoms with Gasteiger partial charge in [-0.3, -0.25) is 9.59 Å². The fourth-order valence-electron chi connectivity index (χ4n) is 4.76. The number of amides is 1. The molecule has 0 bridgehead atoms. The van der Waals surface area contributed by atoms with Crippen molar-refractivity contribution in [3.05, 3.63) is 99.4 Å². The molecule has 0 saturated carbocycles. The van der Waals surface area contributed by atoms with Crippen LogP contribution in [-0.4, -0.2) is 49.2 Å². The quantitative estimate of drug-likeness (QED) is 0.293. The molecule has 4 aromatic rings. The van der Waals surface area contributed by atoms with Gasteiger partial charge in [0.1, 0.15) is 23.5 Å². The molecule has 1 amide bonds. The first-order chi connectivity index (χ1) is 20.3. The second-order valence-corrected chi connectivity index (χ2v) is 12.3. The molecule has 2 N–H and O–H groups in total. The Morgan fingerprint density at radius 1 is 1.21 bits per heavy atom. The molecular weight excluding hydrogens is 609 g/mol. The monoisotopic (exact) mass is 632 g/mol. The highest BCUT2D eigenvalue weighted by molar-refractivity contribution is 7.91. The number of fused-ring (bicyclic) bond motifs is 1. The SMILES string of the molecule is C=C1CN(c2cccc(-c3ccc4c(=O)[nH]c(CNC(=O)c5cc(Cl)cc(S(=O)(=O)C(F)F)c5)cc4c3F)n2)C[C@H](C)O1. The van der Waals surface area contributed by atoms with Gasteiger partial charge in [-0.2, -0.15) is 8.78 Å². The zero-order valence-electron chi connectivity index (χ0n) is 22.5. The summed E-state index contributed by atoms with van der Waals surface area (Å²) in [5.41, 5.74) is -0.281. The Bertz CT molecular complexity index is 1930. The van der Waals surface area contributed by atoms with E-state index in [4.69, 9.17) is 16.3 Å². The number of sulfone groups is 1. The van der Waals surface area contributed by atoms with Crippen molar-refractivity contribution in [3.8, 4) is 11.3 Å². The highest BCUT2D eigenvalue weighted by Gasteiger charge is 2.28. The lowest BCUT2D eigenvalue weighted by Gasteiger charge is -2.33. The number of nitrogens with one attached hydrogen (secondary N) is 2. The second kappa shape index (κ2) is 11.7. The molecule has 43 heavy (non-hydrogen) atoms. The minimum absolute atomic E-state index is 0.0147. The van der Waals surface area contributed by atoms with Gasteiger partial charge in [0.15, 0.2) is 0 Å². The summed E-state index contributed by atoms with van der Waals surface area (Å²) < 4.78 is 71.2. The standard InChI is InChI=1S/C29H24ClF3N4O5S/c1-15-13-37(14-16(2)42-15)25-5-3-4-24(36-25)22-7-6-21-23(26(22)31)11-19(35-28(21)39)12-34-27(38)17-8-18(30)10-20(9-17)43(40,41)29(32)33/h3-11,16,29H,1,12-14H2,2H3,(H,34,38)(H,35,39)/t16-/m0/s1. The van der Waals surface area contributed by atoms with Crippen LogP contribution in [0.4, 0.5) is 19.0 Å². The van der Waals surface area contributed by atoms with E-state index in [-0.39, 0.29) is 45.3 Å². The minimum Gasteiger partial charge on any atom is -0.492 e. The molecule has 1 aliphatic rings. The number of carbonyl (C=O) groups excluding carboxylic acids is 1. The fraction of sp³-hybridized carbons (Fsp3) is 0.207. The average molecular weight is 633 g/mol. The number of aromatic nitrogens is 2. The number of halogens is 4. The van der Waals surface area contributed by atoms with Gasteiger partial charge in [-0.1, -0.05) is 24.2 Å². The van der Waals surface area contributed by atoms with Crippen molar-refractivity contribution in [1.29, 1.82) is 0 Å². The van der Waals surface area contributed by atoms with Gasteiger partial charge in [0.2, 0.25) is 9.84 Å². The maximum absolute atomic E-state index is 15.9. The fourth-order valence-corrected chi connectivity index (χ4v) is 5.85. The molecule has 2 aromatic heterocycles. The second-order valence-electron chi connectivity index (χ2n) is 9.90. The third-order valence-electron chi connectivity index (χ3n) is 6.70. The number of hydrogen-bond acceptors (Lipinski definition) is 7. The van der Waals surface area contributed by atoms with Gasteiger partial charge in [-0.25, -0.2) is 17.8 Å². The van der Waals surface area contributed by atoms with E-state index >= 15 is 4.39 Å². The van der Waals surface area contributed by atoms with Crippen molar-refractivity contribution >= 4 is 43.9 Å². The van der Waals surface area contributed by atoms with Crippen LogP contribution in [0.3, 0.4) is 0 Å². The lowest BCUT2D eigenvalue weighted by atomic mass is 10.0. The summed E-state index contributed by atoms with van der Waals surface area (Å²) in [6.07, 6.45) is -0.0960. The maximum Gasteiger partial charge on any atom is 0.341 e. The van der Waals surface area contributed by atoms with Gasteiger partial charge in [0.25, 0.3) is 11.5 Å². The number of morpholine rings is 1. The Kier molecular flexibility index (Phi) is 8.21. The molecule has 1 aliphatic heterocycles. The Labute approximate surface area is 248 Å². The molecule has 3 heterocycles. The molecule has 1 atom stereocenters. The lowest BCUT2D eigenvalue weighted by molar-refractivity contribution is 0.0950. The van der Waals surface area contributed by atoms with E-state index in [2.05, 4.69) is 21.9 Å². The van der Waals surface area contributed by atoms with Crippen LogP contribution >= 0.6 is 11.6 Å². The van der Waals surface area contributed by atoms with Crippen LogP contribution in [0.25, 0.3) is 22.0 Å². The summed E-state index contributed by atoms with van der Waals surface area (Å²) in [4.78, 5) is 33.8. The smallest absolute Gasteiger partial charge is 0.341 e. The largest absolute Gasteiger partial charge is 0.492 e. The first-order valence-corrected chi connectivity index (χ1v) is 14.8. The number of pyridine rings is 2.